The molecule has 0 bridgehead atoms. The highest BCUT2D eigenvalue weighted by Gasteiger charge is 2.51. The van der Waals surface area contributed by atoms with Crippen LogP contribution in [0.15, 0.2) is 59.1 Å². The lowest BCUT2D eigenvalue weighted by molar-refractivity contribution is -0.241. The average Bonchev–Trinajstić information content (AvgIpc) is 2.65. The van der Waals surface area contributed by atoms with Gasteiger partial charge in [-0.3, -0.25) is 4.90 Å². The van der Waals surface area contributed by atoms with Crippen molar-refractivity contribution >= 4 is 15.9 Å². The minimum atomic E-state index is -0.0256. The zero-order valence-electron chi connectivity index (χ0n) is 16.6. The fourth-order valence-electron chi connectivity index (χ4n) is 5.02. The minimum absolute atomic E-state index is 0.0256. The third-order valence-electron chi connectivity index (χ3n) is 6.66. The van der Waals surface area contributed by atoms with Gasteiger partial charge in [0.1, 0.15) is 6.23 Å². The maximum absolute atomic E-state index is 6.84. The Bertz CT molecular complexity index is 775. The Morgan fingerprint density at radius 3 is 2.48 bits per heavy atom. The van der Waals surface area contributed by atoms with E-state index in [1.807, 2.05) is 0 Å². The molecule has 0 spiro atoms. The smallest absolute Gasteiger partial charge is 0.139 e. The van der Waals surface area contributed by atoms with Gasteiger partial charge in [0.25, 0.3) is 0 Å². The summed E-state index contributed by atoms with van der Waals surface area (Å²) in [6.45, 7) is 8.13. The zero-order chi connectivity index (χ0) is 19.0. The van der Waals surface area contributed by atoms with Crippen LogP contribution in [-0.2, 0) is 11.3 Å². The average molecular weight is 428 g/mol. The molecule has 3 heteroatoms. The van der Waals surface area contributed by atoms with Crippen LogP contribution in [0.5, 0.6) is 0 Å². The molecule has 4 rings (SSSR count). The molecule has 0 radical (unpaired) electrons. The predicted molar refractivity (Wildman–Crippen MR) is 114 cm³/mol. The molecule has 2 nitrogen and oxygen atoms in total. The molecule has 2 aliphatic rings. The summed E-state index contributed by atoms with van der Waals surface area (Å²) in [5.74, 6) is 1.33. The Morgan fingerprint density at radius 2 is 1.74 bits per heavy atom. The number of nitrogens with zero attached hydrogens (tertiary/aromatic N) is 1. The summed E-state index contributed by atoms with van der Waals surface area (Å²) in [5.41, 5.74) is 2.66. The van der Waals surface area contributed by atoms with E-state index in [1.54, 1.807) is 0 Å². The van der Waals surface area contributed by atoms with Gasteiger partial charge in [-0.2, -0.15) is 0 Å². The van der Waals surface area contributed by atoms with E-state index in [-0.39, 0.29) is 11.8 Å². The van der Waals surface area contributed by atoms with Crippen molar-refractivity contribution in [3.63, 3.8) is 0 Å². The molecule has 144 valence electrons. The van der Waals surface area contributed by atoms with Crippen LogP contribution in [0.3, 0.4) is 0 Å². The lowest BCUT2D eigenvalue weighted by Gasteiger charge is -2.57. The number of rotatable bonds is 3. The van der Waals surface area contributed by atoms with Crippen LogP contribution >= 0.6 is 15.9 Å². The molecule has 1 aliphatic carbocycles. The number of hydrogen-bond donors (Lipinski definition) is 0. The summed E-state index contributed by atoms with van der Waals surface area (Å²) in [4.78, 5) is 2.58. The summed E-state index contributed by atoms with van der Waals surface area (Å²) < 4.78 is 7.97. The normalized spacial score (nSPS) is 30.7. The van der Waals surface area contributed by atoms with Crippen molar-refractivity contribution in [2.75, 3.05) is 0 Å². The van der Waals surface area contributed by atoms with E-state index in [0.717, 1.165) is 16.9 Å². The Labute approximate surface area is 172 Å². The van der Waals surface area contributed by atoms with Gasteiger partial charge in [0.2, 0.25) is 0 Å². The van der Waals surface area contributed by atoms with E-state index in [9.17, 15) is 0 Å². The number of fused-ring (bicyclic) bond motifs is 1. The SMILES string of the molecule is C[C@@H]1CC[C@@H]2[C@@H](C1)O[C@@H](c1ccccc1Br)N(Cc1ccccc1)C2(C)C. The highest BCUT2D eigenvalue weighted by molar-refractivity contribution is 9.10. The van der Waals surface area contributed by atoms with Gasteiger partial charge >= 0.3 is 0 Å². The molecule has 27 heavy (non-hydrogen) atoms. The first-order valence-electron chi connectivity index (χ1n) is 10.2. The van der Waals surface area contributed by atoms with Crippen molar-refractivity contribution in [1.29, 1.82) is 0 Å². The zero-order valence-corrected chi connectivity index (χ0v) is 18.2. The van der Waals surface area contributed by atoms with E-state index in [4.69, 9.17) is 4.74 Å². The third-order valence-corrected chi connectivity index (χ3v) is 7.38. The Hall–Kier alpha value is -1.16. The number of hydrogen-bond acceptors (Lipinski definition) is 2. The van der Waals surface area contributed by atoms with Gasteiger partial charge < -0.3 is 4.74 Å². The quantitative estimate of drug-likeness (QED) is 0.549. The lowest BCUT2D eigenvalue weighted by atomic mass is 9.69. The van der Waals surface area contributed by atoms with E-state index < -0.39 is 0 Å². The second kappa shape index (κ2) is 7.69. The molecule has 1 heterocycles. The van der Waals surface area contributed by atoms with Crippen LogP contribution < -0.4 is 0 Å². The molecule has 2 fully saturated rings. The van der Waals surface area contributed by atoms with Crippen LogP contribution in [0.4, 0.5) is 0 Å². The molecule has 0 N–H and O–H groups in total. The molecule has 0 unspecified atom stereocenters. The minimum Gasteiger partial charge on any atom is -0.355 e. The van der Waals surface area contributed by atoms with Gasteiger partial charge in [-0.1, -0.05) is 77.8 Å². The van der Waals surface area contributed by atoms with Crippen molar-refractivity contribution in [1.82, 2.24) is 4.90 Å². The Balaban J connectivity index is 1.74. The van der Waals surface area contributed by atoms with E-state index in [0.29, 0.717) is 12.0 Å². The largest absolute Gasteiger partial charge is 0.355 e. The first kappa shape index (κ1) is 19.2. The van der Waals surface area contributed by atoms with Crippen molar-refractivity contribution in [3.8, 4) is 0 Å². The molecule has 4 atom stereocenters. The van der Waals surface area contributed by atoms with Crippen LogP contribution in [0.1, 0.15) is 57.4 Å². The monoisotopic (exact) mass is 427 g/mol. The van der Waals surface area contributed by atoms with Gasteiger partial charge in [-0.15, -0.1) is 0 Å². The fraction of sp³-hybridized carbons (Fsp3) is 0.500. The van der Waals surface area contributed by atoms with Gasteiger partial charge in [0.05, 0.1) is 6.10 Å². The molecule has 0 aromatic heterocycles. The summed E-state index contributed by atoms with van der Waals surface area (Å²) in [6, 6.07) is 19.3. The van der Waals surface area contributed by atoms with E-state index in [2.05, 4.69) is 96.2 Å². The number of halogens is 1. The molecule has 2 aromatic carbocycles. The molecular weight excluding hydrogens is 398 g/mol. The Morgan fingerprint density at radius 1 is 1.04 bits per heavy atom. The van der Waals surface area contributed by atoms with Crippen molar-refractivity contribution in [2.24, 2.45) is 11.8 Å². The summed E-state index contributed by atoms with van der Waals surface area (Å²) in [6.07, 6.45) is 4.06. The first-order valence-corrected chi connectivity index (χ1v) is 11.0. The molecule has 1 aliphatic heterocycles. The lowest BCUT2D eigenvalue weighted by Crippen LogP contribution is -2.61. The predicted octanol–water partition coefficient (Wildman–Crippen LogP) is 6.56. The van der Waals surface area contributed by atoms with Crippen molar-refractivity contribution in [3.05, 3.63) is 70.2 Å². The fourth-order valence-corrected chi connectivity index (χ4v) is 5.51. The number of benzene rings is 2. The highest BCUT2D eigenvalue weighted by Crippen LogP contribution is 2.50. The highest BCUT2D eigenvalue weighted by atomic mass is 79.9. The Kier molecular flexibility index (Phi) is 5.46. The van der Waals surface area contributed by atoms with Crippen LogP contribution in [0, 0.1) is 11.8 Å². The summed E-state index contributed by atoms with van der Waals surface area (Å²) in [7, 11) is 0. The van der Waals surface area contributed by atoms with Gasteiger partial charge in [-0.25, -0.2) is 0 Å². The van der Waals surface area contributed by atoms with Crippen LogP contribution in [-0.4, -0.2) is 16.5 Å². The molecular formula is C24H30BrNO. The molecule has 0 amide bonds. The van der Waals surface area contributed by atoms with Gasteiger partial charge in [0.15, 0.2) is 0 Å². The third kappa shape index (κ3) is 3.74. The first-order chi connectivity index (χ1) is 13.0. The van der Waals surface area contributed by atoms with Gasteiger partial charge in [-0.05, 0) is 44.2 Å². The maximum Gasteiger partial charge on any atom is 0.139 e. The second-order valence-electron chi connectivity index (χ2n) is 8.84. The van der Waals surface area contributed by atoms with Gasteiger partial charge in [0, 0.05) is 28.0 Å². The van der Waals surface area contributed by atoms with Crippen molar-refractivity contribution in [2.45, 2.75) is 64.4 Å². The van der Waals surface area contributed by atoms with Crippen molar-refractivity contribution < 1.29 is 4.74 Å². The summed E-state index contributed by atoms with van der Waals surface area (Å²) >= 11 is 3.78. The number of ether oxygens (including phenoxy) is 1. The summed E-state index contributed by atoms with van der Waals surface area (Å²) in [5, 5.41) is 0. The van der Waals surface area contributed by atoms with Crippen LogP contribution in [0.25, 0.3) is 0 Å². The standard InChI is InChI=1S/C24H30BrNO/c1-17-13-14-20-22(15-17)27-23(19-11-7-8-12-21(19)25)26(24(20,2)3)16-18-9-5-4-6-10-18/h4-12,17,20,22-23H,13-16H2,1-3H3/t17-,20-,22-,23+/m1/s1. The second-order valence-corrected chi connectivity index (χ2v) is 9.69. The molecule has 2 aromatic rings. The van der Waals surface area contributed by atoms with E-state index in [1.165, 1.54) is 30.4 Å². The van der Waals surface area contributed by atoms with Crippen LogP contribution in [0.2, 0.25) is 0 Å². The topological polar surface area (TPSA) is 12.5 Å². The molecule has 1 saturated heterocycles. The molecule has 1 saturated carbocycles. The maximum atomic E-state index is 6.84. The van der Waals surface area contributed by atoms with E-state index >= 15 is 0 Å².